The number of nitrogens with zero attached hydrogens (tertiary/aromatic N) is 1. The molecule has 1 fully saturated rings. The zero-order valence-corrected chi connectivity index (χ0v) is 10.2. The van der Waals surface area contributed by atoms with E-state index >= 15 is 0 Å². The Hall–Kier alpha value is -1.06. The first kappa shape index (κ1) is 13.0. The predicted molar refractivity (Wildman–Crippen MR) is 66.9 cm³/mol. The van der Waals surface area contributed by atoms with Gasteiger partial charge in [0.05, 0.1) is 0 Å². The quantitative estimate of drug-likeness (QED) is 0.811. The van der Waals surface area contributed by atoms with E-state index in [1.165, 1.54) is 5.56 Å². The van der Waals surface area contributed by atoms with Crippen LogP contribution in [-0.4, -0.2) is 29.9 Å². The van der Waals surface area contributed by atoms with Crippen molar-refractivity contribution in [2.75, 3.05) is 13.1 Å². The minimum Gasteiger partial charge on any atom is -0.337 e. The number of likely N-dealkylation sites (tertiary alicyclic amines) is 1. The summed E-state index contributed by atoms with van der Waals surface area (Å²) >= 11 is 0. The molecule has 1 heterocycles. The zero-order valence-electron chi connectivity index (χ0n) is 9.35. The Kier molecular flexibility index (Phi) is 4.33. The lowest BCUT2D eigenvalue weighted by Gasteiger charge is -2.15. The molecule has 1 saturated heterocycles. The molecule has 1 aromatic rings. The number of carbonyl (C=O) groups is 1. The molecule has 1 aliphatic rings. The van der Waals surface area contributed by atoms with Crippen LogP contribution in [0, 0.1) is 6.92 Å². The molecular formula is C12H17ClN2O. The van der Waals surface area contributed by atoms with Crippen molar-refractivity contribution in [1.82, 2.24) is 4.90 Å². The van der Waals surface area contributed by atoms with Crippen LogP contribution in [0.15, 0.2) is 24.3 Å². The van der Waals surface area contributed by atoms with Gasteiger partial charge in [0.1, 0.15) is 0 Å². The van der Waals surface area contributed by atoms with E-state index in [-0.39, 0.29) is 24.4 Å². The van der Waals surface area contributed by atoms with E-state index in [2.05, 4.69) is 0 Å². The minimum absolute atomic E-state index is 0. The number of aryl methyl sites for hydroxylation is 1. The standard InChI is InChI=1S/C12H16N2O.ClH/c1-9-2-4-10(5-3-9)12(15)14-7-6-11(13)8-14;/h2-5,11H,6-8,13H2,1H3;1H/t11-;/m0./s1. The monoisotopic (exact) mass is 240 g/mol. The lowest BCUT2D eigenvalue weighted by atomic mass is 10.1. The Morgan fingerprint density at radius 1 is 1.38 bits per heavy atom. The highest BCUT2D eigenvalue weighted by molar-refractivity contribution is 5.94. The predicted octanol–water partition coefficient (Wildman–Crippen LogP) is 1.59. The molecule has 88 valence electrons. The van der Waals surface area contributed by atoms with E-state index in [1.54, 1.807) is 0 Å². The van der Waals surface area contributed by atoms with Crippen LogP contribution in [0.5, 0.6) is 0 Å². The van der Waals surface area contributed by atoms with Crippen LogP contribution in [-0.2, 0) is 0 Å². The molecule has 4 heteroatoms. The highest BCUT2D eigenvalue weighted by Gasteiger charge is 2.24. The maximum absolute atomic E-state index is 12.0. The fourth-order valence-electron chi connectivity index (χ4n) is 1.85. The van der Waals surface area contributed by atoms with Crippen LogP contribution < -0.4 is 5.73 Å². The Balaban J connectivity index is 0.00000128. The van der Waals surface area contributed by atoms with Gasteiger partial charge in [0.15, 0.2) is 0 Å². The van der Waals surface area contributed by atoms with E-state index in [4.69, 9.17) is 5.73 Å². The summed E-state index contributed by atoms with van der Waals surface area (Å²) in [6, 6.07) is 7.83. The van der Waals surface area contributed by atoms with Crippen molar-refractivity contribution in [2.24, 2.45) is 5.73 Å². The van der Waals surface area contributed by atoms with Crippen molar-refractivity contribution in [3.63, 3.8) is 0 Å². The van der Waals surface area contributed by atoms with E-state index in [0.29, 0.717) is 6.54 Å². The Labute approximate surface area is 102 Å². The number of hydrogen-bond donors (Lipinski definition) is 1. The molecule has 1 aliphatic heterocycles. The van der Waals surface area contributed by atoms with Gasteiger partial charge in [0.2, 0.25) is 0 Å². The average molecular weight is 241 g/mol. The summed E-state index contributed by atoms with van der Waals surface area (Å²) in [5.41, 5.74) is 7.70. The van der Waals surface area contributed by atoms with Gasteiger partial charge in [-0.3, -0.25) is 4.79 Å². The second kappa shape index (κ2) is 5.32. The van der Waals surface area contributed by atoms with Gasteiger partial charge in [0, 0.05) is 24.7 Å². The number of carbonyl (C=O) groups excluding carboxylic acids is 1. The maximum Gasteiger partial charge on any atom is 0.253 e. The third-order valence-electron chi connectivity index (χ3n) is 2.81. The largest absolute Gasteiger partial charge is 0.337 e. The molecular weight excluding hydrogens is 224 g/mol. The van der Waals surface area contributed by atoms with Crippen molar-refractivity contribution in [1.29, 1.82) is 0 Å². The molecule has 2 N–H and O–H groups in total. The molecule has 0 aliphatic carbocycles. The van der Waals surface area contributed by atoms with Crippen LogP contribution in [0.3, 0.4) is 0 Å². The van der Waals surface area contributed by atoms with Gasteiger partial charge in [-0.15, -0.1) is 12.4 Å². The summed E-state index contributed by atoms with van der Waals surface area (Å²) in [6.45, 7) is 3.49. The molecule has 0 unspecified atom stereocenters. The molecule has 3 nitrogen and oxygen atoms in total. The van der Waals surface area contributed by atoms with E-state index < -0.39 is 0 Å². The lowest BCUT2D eigenvalue weighted by molar-refractivity contribution is 0.0791. The second-order valence-corrected chi connectivity index (χ2v) is 4.17. The first-order valence-corrected chi connectivity index (χ1v) is 5.28. The smallest absolute Gasteiger partial charge is 0.253 e. The highest BCUT2D eigenvalue weighted by atomic mass is 35.5. The van der Waals surface area contributed by atoms with Gasteiger partial charge < -0.3 is 10.6 Å². The highest BCUT2D eigenvalue weighted by Crippen LogP contribution is 2.12. The summed E-state index contributed by atoms with van der Waals surface area (Å²) < 4.78 is 0. The molecule has 1 atom stereocenters. The molecule has 0 spiro atoms. The van der Waals surface area contributed by atoms with Gasteiger partial charge >= 0.3 is 0 Å². The summed E-state index contributed by atoms with van der Waals surface area (Å²) in [6.07, 6.45) is 0.914. The van der Waals surface area contributed by atoms with Crippen LogP contribution in [0.4, 0.5) is 0 Å². The Morgan fingerprint density at radius 2 is 2.00 bits per heavy atom. The van der Waals surface area contributed by atoms with Gasteiger partial charge in [-0.25, -0.2) is 0 Å². The van der Waals surface area contributed by atoms with Crippen LogP contribution in [0.25, 0.3) is 0 Å². The first-order valence-electron chi connectivity index (χ1n) is 5.28. The number of nitrogens with two attached hydrogens (primary N) is 1. The van der Waals surface area contributed by atoms with E-state index in [9.17, 15) is 4.79 Å². The average Bonchev–Trinajstić information content (AvgIpc) is 2.65. The summed E-state index contributed by atoms with van der Waals surface area (Å²) in [5, 5.41) is 0. The molecule has 16 heavy (non-hydrogen) atoms. The van der Waals surface area contributed by atoms with Crippen molar-refractivity contribution in [3.8, 4) is 0 Å². The third-order valence-corrected chi connectivity index (χ3v) is 2.81. The number of hydrogen-bond acceptors (Lipinski definition) is 2. The number of amides is 1. The summed E-state index contributed by atoms with van der Waals surface area (Å²) in [5.74, 6) is 0.1000. The topological polar surface area (TPSA) is 46.3 Å². The van der Waals surface area contributed by atoms with Crippen LogP contribution in [0.2, 0.25) is 0 Å². The Bertz CT molecular complexity index is 364. The van der Waals surface area contributed by atoms with Gasteiger partial charge in [-0.2, -0.15) is 0 Å². The Morgan fingerprint density at radius 3 is 2.50 bits per heavy atom. The number of halogens is 1. The van der Waals surface area contributed by atoms with Crippen molar-refractivity contribution in [3.05, 3.63) is 35.4 Å². The van der Waals surface area contributed by atoms with E-state index in [1.807, 2.05) is 36.1 Å². The minimum atomic E-state index is 0. The normalized spacial score (nSPS) is 19.4. The molecule has 1 aromatic carbocycles. The fraction of sp³-hybridized carbons (Fsp3) is 0.417. The second-order valence-electron chi connectivity index (χ2n) is 4.17. The van der Waals surface area contributed by atoms with Crippen molar-refractivity contribution < 1.29 is 4.79 Å². The molecule has 0 bridgehead atoms. The summed E-state index contributed by atoms with van der Waals surface area (Å²) in [7, 11) is 0. The van der Waals surface area contributed by atoms with Gasteiger partial charge in [0.25, 0.3) is 5.91 Å². The van der Waals surface area contributed by atoms with Gasteiger partial charge in [-0.05, 0) is 25.5 Å². The maximum atomic E-state index is 12.0. The molecule has 2 rings (SSSR count). The van der Waals surface area contributed by atoms with Crippen LogP contribution >= 0.6 is 12.4 Å². The van der Waals surface area contributed by atoms with Crippen molar-refractivity contribution >= 4 is 18.3 Å². The molecule has 1 amide bonds. The zero-order chi connectivity index (χ0) is 10.8. The summed E-state index contributed by atoms with van der Waals surface area (Å²) in [4.78, 5) is 13.8. The van der Waals surface area contributed by atoms with E-state index in [0.717, 1.165) is 18.5 Å². The molecule has 0 radical (unpaired) electrons. The van der Waals surface area contributed by atoms with Gasteiger partial charge in [-0.1, -0.05) is 17.7 Å². The van der Waals surface area contributed by atoms with Crippen LogP contribution in [0.1, 0.15) is 22.3 Å². The molecule has 0 aromatic heterocycles. The SMILES string of the molecule is Cc1ccc(C(=O)N2CC[C@H](N)C2)cc1.Cl. The third kappa shape index (κ3) is 2.74. The number of rotatable bonds is 1. The lowest BCUT2D eigenvalue weighted by Crippen LogP contribution is -2.31. The number of benzene rings is 1. The molecule has 0 saturated carbocycles. The first-order chi connectivity index (χ1) is 7.16. The fourth-order valence-corrected chi connectivity index (χ4v) is 1.85. The van der Waals surface area contributed by atoms with Crippen molar-refractivity contribution in [2.45, 2.75) is 19.4 Å².